The lowest BCUT2D eigenvalue weighted by Crippen LogP contribution is -2.51. The standard InChI is InChI=1S/C24H20F6N4O5S/c25-23(26,27)15-3-1-13(2-4-15)18-12-19(18)21(35)33-5-7-34(8-6-33)40(37,38)17-10-14(20-31-22(36)39-32-20)9-16(11-17)24(28,29)30/h1-4,9-11,18-19H,5-8,12H2,(H,31,32,36)/t18-,19+/m0/s1. The van der Waals surface area contributed by atoms with Gasteiger partial charge in [0.2, 0.25) is 15.9 Å². The zero-order valence-corrected chi connectivity index (χ0v) is 21.1. The summed E-state index contributed by atoms with van der Waals surface area (Å²) >= 11 is 0. The molecule has 5 rings (SSSR count). The van der Waals surface area contributed by atoms with Crippen LogP contribution in [0.25, 0.3) is 11.4 Å². The van der Waals surface area contributed by atoms with Crippen molar-refractivity contribution in [3.05, 3.63) is 69.7 Å². The number of amides is 1. The zero-order chi connectivity index (χ0) is 29.0. The normalized spacial score (nSPS) is 20.5. The number of nitrogens with one attached hydrogen (secondary N) is 1. The van der Waals surface area contributed by atoms with Crippen molar-refractivity contribution in [3.8, 4) is 11.4 Å². The van der Waals surface area contributed by atoms with Crippen LogP contribution in [0.3, 0.4) is 0 Å². The summed E-state index contributed by atoms with van der Waals surface area (Å²) in [4.78, 5) is 27.1. The van der Waals surface area contributed by atoms with Crippen LogP contribution >= 0.6 is 0 Å². The number of aromatic amines is 1. The minimum atomic E-state index is -4.90. The number of aromatic nitrogens is 2. The minimum absolute atomic E-state index is 0.0171. The van der Waals surface area contributed by atoms with Gasteiger partial charge in [0.1, 0.15) is 0 Å². The molecule has 9 nitrogen and oxygen atoms in total. The summed E-state index contributed by atoms with van der Waals surface area (Å²) in [6.07, 6.45) is -8.93. The molecule has 214 valence electrons. The van der Waals surface area contributed by atoms with Gasteiger partial charge in [0.25, 0.3) is 0 Å². The van der Waals surface area contributed by atoms with Gasteiger partial charge in [-0.05, 0) is 48.2 Å². The molecule has 16 heteroatoms. The quantitative estimate of drug-likeness (QED) is 0.453. The molecule has 1 saturated carbocycles. The SMILES string of the molecule is O=C([C@@H]1C[C@H]1c1ccc(C(F)(F)F)cc1)N1CCN(S(=O)(=O)c2cc(-c3noc(=O)[nH]3)cc(C(F)(F)F)c2)CC1. The number of sulfonamides is 1. The van der Waals surface area contributed by atoms with Crippen LogP contribution in [0, 0.1) is 5.92 Å². The van der Waals surface area contributed by atoms with E-state index in [0.29, 0.717) is 24.1 Å². The second-order valence-corrected chi connectivity index (χ2v) is 11.4. The number of rotatable bonds is 5. The number of H-pyrrole nitrogens is 1. The summed E-state index contributed by atoms with van der Waals surface area (Å²) in [5.41, 5.74) is -1.79. The van der Waals surface area contributed by atoms with Crippen LogP contribution in [-0.2, 0) is 27.2 Å². The Morgan fingerprint density at radius 3 is 2.10 bits per heavy atom. The lowest BCUT2D eigenvalue weighted by molar-refractivity contribution is -0.138. The molecule has 1 aromatic heterocycles. The molecule has 1 N–H and O–H groups in total. The number of carbonyl (C=O) groups excluding carboxylic acids is 1. The second kappa shape index (κ2) is 9.76. The number of hydrogen-bond donors (Lipinski definition) is 1. The fraction of sp³-hybridized carbons (Fsp3) is 0.375. The molecule has 1 amide bonds. The first-order valence-corrected chi connectivity index (χ1v) is 13.3. The van der Waals surface area contributed by atoms with Crippen LogP contribution in [0.2, 0.25) is 0 Å². The van der Waals surface area contributed by atoms with E-state index in [1.807, 2.05) is 0 Å². The maximum atomic E-state index is 13.5. The maximum Gasteiger partial charge on any atom is 0.439 e. The summed E-state index contributed by atoms with van der Waals surface area (Å²) in [6, 6.07) is 6.64. The smallest absolute Gasteiger partial charge is 0.340 e. The molecule has 1 saturated heterocycles. The first kappa shape index (κ1) is 27.9. The lowest BCUT2D eigenvalue weighted by atomic mass is 10.1. The monoisotopic (exact) mass is 590 g/mol. The number of nitrogens with zero attached hydrogens (tertiary/aromatic N) is 3. The molecule has 0 bridgehead atoms. The Bertz CT molecular complexity index is 1590. The van der Waals surface area contributed by atoms with E-state index >= 15 is 0 Å². The third-order valence-electron chi connectivity index (χ3n) is 6.91. The molecule has 1 aliphatic heterocycles. The van der Waals surface area contributed by atoms with Gasteiger partial charge in [0.05, 0.1) is 16.0 Å². The first-order valence-electron chi connectivity index (χ1n) is 11.9. The molecule has 40 heavy (non-hydrogen) atoms. The van der Waals surface area contributed by atoms with Gasteiger partial charge in [0.15, 0.2) is 5.82 Å². The summed E-state index contributed by atoms with van der Waals surface area (Å²) < 4.78 is 111. The largest absolute Gasteiger partial charge is 0.439 e. The van der Waals surface area contributed by atoms with E-state index in [4.69, 9.17) is 0 Å². The fourth-order valence-electron chi connectivity index (χ4n) is 4.69. The van der Waals surface area contributed by atoms with Crippen LogP contribution < -0.4 is 5.76 Å². The number of halogens is 6. The molecular weight excluding hydrogens is 570 g/mol. The van der Waals surface area contributed by atoms with Crippen molar-refractivity contribution >= 4 is 15.9 Å². The van der Waals surface area contributed by atoms with Gasteiger partial charge in [0, 0.05) is 37.7 Å². The minimum Gasteiger partial charge on any atom is -0.340 e. The third kappa shape index (κ3) is 5.50. The lowest BCUT2D eigenvalue weighted by Gasteiger charge is -2.34. The van der Waals surface area contributed by atoms with Gasteiger partial charge < -0.3 is 4.90 Å². The predicted molar refractivity (Wildman–Crippen MR) is 125 cm³/mol. The van der Waals surface area contributed by atoms with Gasteiger partial charge in [-0.25, -0.2) is 13.2 Å². The van der Waals surface area contributed by atoms with E-state index in [2.05, 4.69) is 14.7 Å². The Morgan fingerprint density at radius 1 is 0.925 bits per heavy atom. The molecule has 0 spiro atoms. The van der Waals surface area contributed by atoms with Gasteiger partial charge in [-0.2, -0.15) is 30.6 Å². The van der Waals surface area contributed by atoms with Gasteiger partial charge >= 0.3 is 18.1 Å². The van der Waals surface area contributed by atoms with Crippen LogP contribution in [0.15, 0.2) is 56.7 Å². The van der Waals surface area contributed by atoms with Gasteiger partial charge in [-0.1, -0.05) is 17.3 Å². The van der Waals surface area contributed by atoms with Gasteiger partial charge in [-0.15, -0.1) is 0 Å². The Hall–Kier alpha value is -3.66. The van der Waals surface area contributed by atoms with Crippen molar-refractivity contribution in [1.29, 1.82) is 0 Å². The fourth-order valence-corrected chi connectivity index (χ4v) is 6.18. The molecule has 2 heterocycles. The van der Waals surface area contributed by atoms with Crippen molar-refractivity contribution in [2.24, 2.45) is 5.92 Å². The van der Waals surface area contributed by atoms with Crippen molar-refractivity contribution in [3.63, 3.8) is 0 Å². The van der Waals surface area contributed by atoms with Crippen LogP contribution in [0.4, 0.5) is 26.3 Å². The van der Waals surface area contributed by atoms with Crippen LogP contribution in [0.1, 0.15) is 29.0 Å². The number of piperazine rings is 1. The average Bonchev–Trinajstić information content (AvgIpc) is 3.59. The summed E-state index contributed by atoms with van der Waals surface area (Å²) in [6.45, 7) is -0.399. The highest BCUT2D eigenvalue weighted by Gasteiger charge is 2.47. The van der Waals surface area contributed by atoms with E-state index in [1.165, 1.54) is 17.0 Å². The Morgan fingerprint density at radius 2 is 1.55 bits per heavy atom. The third-order valence-corrected chi connectivity index (χ3v) is 8.79. The molecule has 0 unspecified atom stereocenters. The van der Waals surface area contributed by atoms with Crippen LogP contribution in [0.5, 0.6) is 0 Å². The first-order chi connectivity index (χ1) is 18.6. The molecule has 2 aliphatic rings. The van der Waals surface area contributed by atoms with E-state index in [9.17, 15) is 44.3 Å². The average molecular weight is 591 g/mol. The maximum absolute atomic E-state index is 13.5. The van der Waals surface area contributed by atoms with E-state index in [1.54, 1.807) is 0 Å². The molecular formula is C24H20F6N4O5S. The highest BCUT2D eigenvalue weighted by Crippen LogP contribution is 2.49. The Kier molecular flexibility index (Phi) is 6.81. The number of hydrogen-bond acceptors (Lipinski definition) is 6. The zero-order valence-electron chi connectivity index (χ0n) is 20.3. The highest BCUT2D eigenvalue weighted by molar-refractivity contribution is 7.89. The molecule has 0 radical (unpaired) electrons. The van der Waals surface area contributed by atoms with E-state index in [-0.39, 0.29) is 49.4 Å². The highest BCUT2D eigenvalue weighted by atomic mass is 32.2. The molecule has 2 aromatic carbocycles. The summed E-state index contributed by atoms with van der Waals surface area (Å²) in [5.74, 6) is -2.37. The Balaban J connectivity index is 1.28. The number of benzene rings is 2. The topological polar surface area (TPSA) is 117 Å². The van der Waals surface area contributed by atoms with Crippen molar-refractivity contribution in [2.45, 2.75) is 29.6 Å². The van der Waals surface area contributed by atoms with Crippen molar-refractivity contribution in [1.82, 2.24) is 19.3 Å². The molecule has 2 fully saturated rings. The molecule has 2 atom stereocenters. The summed E-state index contributed by atoms with van der Waals surface area (Å²) in [7, 11) is -4.44. The van der Waals surface area contributed by atoms with E-state index in [0.717, 1.165) is 22.5 Å². The number of carbonyl (C=O) groups is 1. The van der Waals surface area contributed by atoms with Crippen molar-refractivity contribution in [2.75, 3.05) is 26.2 Å². The molecule has 3 aromatic rings. The van der Waals surface area contributed by atoms with E-state index < -0.39 is 50.1 Å². The van der Waals surface area contributed by atoms with Gasteiger partial charge in [-0.3, -0.25) is 14.3 Å². The second-order valence-electron chi connectivity index (χ2n) is 9.49. The summed E-state index contributed by atoms with van der Waals surface area (Å²) in [5, 5.41) is 3.33. The van der Waals surface area contributed by atoms with Crippen molar-refractivity contribution < 1.29 is 44.1 Å². The van der Waals surface area contributed by atoms with Crippen LogP contribution in [-0.4, -0.2) is 59.8 Å². The number of alkyl halides is 6. The molecule has 1 aliphatic carbocycles. The predicted octanol–water partition coefficient (Wildman–Crippen LogP) is 3.70. The Labute approximate surface area is 222 Å².